The zero-order chi connectivity index (χ0) is 16.4. The third-order valence-electron chi connectivity index (χ3n) is 4.72. The van der Waals surface area contributed by atoms with Crippen molar-refractivity contribution in [2.75, 3.05) is 38.1 Å². The highest BCUT2D eigenvalue weighted by molar-refractivity contribution is 5.99. The first-order chi connectivity index (χ1) is 11.1. The Balaban J connectivity index is 1.97. The maximum atomic E-state index is 12.4. The van der Waals surface area contributed by atoms with Crippen molar-refractivity contribution in [1.29, 1.82) is 0 Å². The molecule has 0 amide bonds. The van der Waals surface area contributed by atoms with Crippen LogP contribution in [0.2, 0.25) is 0 Å². The number of aryl methyl sites for hydroxylation is 1. The molecule has 23 heavy (non-hydrogen) atoms. The molecule has 3 rings (SSSR count). The van der Waals surface area contributed by atoms with Crippen LogP contribution >= 0.6 is 0 Å². The van der Waals surface area contributed by atoms with Crippen molar-refractivity contribution >= 4 is 22.5 Å². The third kappa shape index (κ3) is 3.11. The summed E-state index contributed by atoms with van der Waals surface area (Å²) < 4.78 is 1.99. The molecule has 0 aliphatic carbocycles. The highest BCUT2D eigenvalue weighted by Gasteiger charge is 2.21. The van der Waals surface area contributed by atoms with E-state index in [1.165, 1.54) is 5.69 Å². The summed E-state index contributed by atoms with van der Waals surface area (Å²) in [7, 11) is 4.13. The second kappa shape index (κ2) is 6.71. The second-order valence-electron chi connectivity index (χ2n) is 6.46. The molecule has 1 fully saturated rings. The predicted molar refractivity (Wildman–Crippen MR) is 94.3 cm³/mol. The molecule has 1 aliphatic heterocycles. The predicted octanol–water partition coefficient (Wildman–Crippen LogP) is 2.70. The van der Waals surface area contributed by atoms with E-state index in [4.69, 9.17) is 0 Å². The van der Waals surface area contributed by atoms with Crippen LogP contribution in [-0.4, -0.2) is 53.5 Å². The van der Waals surface area contributed by atoms with Gasteiger partial charge in [0, 0.05) is 39.6 Å². The Labute approximate surface area is 137 Å². The standard InChI is InChI=1S/C18H26N4O/c1-4-5-9-16(23)18-19-14-7-6-8-15(17(14)21(18)3)22-12-10-20(2)11-13-22/h6-8H,4-5,9-13H2,1-3H3. The minimum absolute atomic E-state index is 0.148. The normalized spacial score (nSPS) is 16.2. The Hall–Kier alpha value is -1.88. The molecule has 0 unspecified atom stereocenters. The average molecular weight is 314 g/mol. The van der Waals surface area contributed by atoms with Gasteiger partial charge >= 0.3 is 0 Å². The number of rotatable bonds is 5. The molecular formula is C18H26N4O. The molecule has 5 heteroatoms. The molecule has 2 aromatic rings. The number of carbonyl (C=O) groups is 1. The fourth-order valence-electron chi connectivity index (χ4n) is 3.25. The quantitative estimate of drug-likeness (QED) is 0.796. The zero-order valence-corrected chi connectivity index (χ0v) is 14.4. The number of imidazole rings is 1. The molecule has 5 nitrogen and oxygen atoms in total. The number of Topliss-reactive ketones (excluding diaryl/α,β-unsaturated/α-hetero) is 1. The van der Waals surface area contributed by atoms with Crippen LogP contribution in [0.1, 0.15) is 36.8 Å². The van der Waals surface area contributed by atoms with Gasteiger partial charge in [-0.25, -0.2) is 4.98 Å². The van der Waals surface area contributed by atoms with Crippen LogP contribution in [0.25, 0.3) is 11.0 Å². The Bertz CT molecular complexity index is 698. The topological polar surface area (TPSA) is 41.4 Å². The number of nitrogens with zero attached hydrogens (tertiary/aromatic N) is 4. The molecule has 2 heterocycles. The average Bonchev–Trinajstić information content (AvgIpc) is 2.91. The molecule has 0 saturated carbocycles. The first-order valence-corrected chi connectivity index (χ1v) is 8.54. The molecule has 0 bridgehead atoms. The molecule has 0 N–H and O–H groups in total. The number of likely N-dealkylation sites (N-methyl/N-ethyl adjacent to an activating group) is 1. The number of hydrogen-bond donors (Lipinski definition) is 0. The number of hydrogen-bond acceptors (Lipinski definition) is 4. The van der Waals surface area contributed by atoms with Crippen LogP contribution in [0.15, 0.2) is 18.2 Å². The van der Waals surface area contributed by atoms with Gasteiger partial charge in [0.05, 0.1) is 16.7 Å². The number of para-hydroxylation sites is 1. The number of fused-ring (bicyclic) bond motifs is 1. The third-order valence-corrected chi connectivity index (χ3v) is 4.72. The molecule has 1 aliphatic rings. The summed E-state index contributed by atoms with van der Waals surface area (Å²) in [5.41, 5.74) is 3.20. The Kier molecular flexibility index (Phi) is 4.66. The maximum Gasteiger partial charge on any atom is 0.198 e. The molecule has 124 valence electrons. The van der Waals surface area contributed by atoms with E-state index < -0.39 is 0 Å². The lowest BCUT2D eigenvalue weighted by molar-refractivity contribution is 0.0967. The van der Waals surface area contributed by atoms with Crippen molar-refractivity contribution in [1.82, 2.24) is 14.5 Å². The van der Waals surface area contributed by atoms with Crippen LogP contribution in [0.4, 0.5) is 5.69 Å². The smallest absolute Gasteiger partial charge is 0.198 e. The molecular weight excluding hydrogens is 288 g/mol. The molecule has 1 saturated heterocycles. The van der Waals surface area contributed by atoms with Crippen LogP contribution in [0.3, 0.4) is 0 Å². The Morgan fingerprint density at radius 1 is 1.17 bits per heavy atom. The maximum absolute atomic E-state index is 12.4. The highest BCUT2D eigenvalue weighted by atomic mass is 16.1. The number of anilines is 1. The first-order valence-electron chi connectivity index (χ1n) is 8.54. The SMILES string of the molecule is CCCCC(=O)c1nc2cccc(N3CCN(C)CC3)c2n1C. The summed E-state index contributed by atoms with van der Waals surface area (Å²) in [5.74, 6) is 0.741. The molecule has 0 radical (unpaired) electrons. The van der Waals surface area contributed by atoms with Crippen LogP contribution < -0.4 is 4.90 Å². The lowest BCUT2D eigenvalue weighted by Gasteiger charge is -2.34. The van der Waals surface area contributed by atoms with Gasteiger partial charge in [-0.2, -0.15) is 0 Å². The van der Waals surface area contributed by atoms with Gasteiger partial charge in [-0.1, -0.05) is 19.4 Å². The monoisotopic (exact) mass is 314 g/mol. The number of unbranched alkanes of at least 4 members (excludes halogenated alkanes) is 1. The summed E-state index contributed by atoms with van der Waals surface area (Å²) in [6.45, 7) is 6.26. The fraction of sp³-hybridized carbons (Fsp3) is 0.556. The van der Waals surface area contributed by atoms with Crippen molar-refractivity contribution in [2.45, 2.75) is 26.2 Å². The number of aromatic nitrogens is 2. The van der Waals surface area contributed by atoms with E-state index in [1.54, 1.807) is 0 Å². The highest BCUT2D eigenvalue weighted by Crippen LogP contribution is 2.28. The summed E-state index contributed by atoms with van der Waals surface area (Å²) >= 11 is 0. The zero-order valence-electron chi connectivity index (χ0n) is 14.4. The van der Waals surface area contributed by atoms with Crippen molar-refractivity contribution in [3.63, 3.8) is 0 Å². The van der Waals surface area contributed by atoms with E-state index in [0.29, 0.717) is 12.2 Å². The second-order valence-corrected chi connectivity index (χ2v) is 6.46. The first kappa shape index (κ1) is 16.0. The minimum Gasteiger partial charge on any atom is -0.367 e. The van der Waals surface area contributed by atoms with Gasteiger partial charge in [0.15, 0.2) is 11.6 Å². The molecule has 1 aromatic heterocycles. The van der Waals surface area contributed by atoms with Crippen molar-refractivity contribution < 1.29 is 4.79 Å². The van der Waals surface area contributed by atoms with Gasteiger partial charge in [-0.3, -0.25) is 4.79 Å². The van der Waals surface area contributed by atoms with Gasteiger partial charge in [0.2, 0.25) is 0 Å². The summed E-state index contributed by atoms with van der Waals surface area (Å²) in [6, 6.07) is 6.20. The number of benzene rings is 1. The lowest BCUT2D eigenvalue weighted by atomic mass is 10.2. The van der Waals surface area contributed by atoms with Gasteiger partial charge in [-0.15, -0.1) is 0 Å². The molecule has 0 spiro atoms. The van der Waals surface area contributed by atoms with Gasteiger partial charge < -0.3 is 14.4 Å². The van der Waals surface area contributed by atoms with E-state index in [1.807, 2.05) is 23.7 Å². The summed E-state index contributed by atoms with van der Waals surface area (Å²) in [4.78, 5) is 21.8. The largest absolute Gasteiger partial charge is 0.367 e. The van der Waals surface area contributed by atoms with Crippen LogP contribution in [0, 0.1) is 0 Å². The van der Waals surface area contributed by atoms with Crippen molar-refractivity contribution in [3.8, 4) is 0 Å². The molecule has 1 aromatic carbocycles. The van der Waals surface area contributed by atoms with E-state index in [-0.39, 0.29) is 5.78 Å². The van der Waals surface area contributed by atoms with Gasteiger partial charge in [-0.05, 0) is 25.6 Å². The van der Waals surface area contributed by atoms with E-state index >= 15 is 0 Å². The van der Waals surface area contributed by atoms with Crippen LogP contribution in [0.5, 0.6) is 0 Å². The van der Waals surface area contributed by atoms with Crippen LogP contribution in [-0.2, 0) is 7.05 Å². The Morgan fingerprint density at radius 3 is 2.61 bits per heavy atom. The molecule has 0 atom stereocenters. The number of ketones is 1. The van der Waals surface area contributed by atoms with E-state index in [2.05, 4.69) is 34.8 Å². The number of piperazine rings is 1. The number of carbonyl (C=O) groups excluding carboxylic acids is 1. The fourth-order valence-corrected chi connectivity index (χ4v) is 3.25. The Morgan fingerprint density at radius 2 is 1.91 bits per heavy atom. The van der Waals surface area contributed by atoms with E-state index in [0.717, 1.165) is 50.1 Å². The summed E-state index contributed by atoms with van der Waals surface area (Å²) in [5, 5.41) is 0. The van der Waals surface area contributed by atoms with Gasteiger partial charge in [0.25, 0.3) is 0 Å². The van der Waals surface area contributed by atoms with E-state index in [9.17, 15) is 4.79 Å². The van der Waals surface area contributed by atoms with Crippen molar-refractivity contribution in [3.05, 3.63) is 24.0 Å². The summed E-state index contributed by atoms with van der Waals surface area (Å²) in [6.07, 6.45) is 2.53. The van der Waals surface area contributed by atoms with Crippen molar-refractivity contribution in [2.24, 2.45) is 7.05 Å². The lowest BCUT2D eigenvalue weighted by Crippen LogP contribution is -2.44. The van der Waals surface area contributed by atoms with Gasteiger partial charge in [0.1, 0.15) is 0 Å². The minimum atomic E-state index is 0.148.